The second-order valence-electron chi connectivity index (χ2n) is 3.98. The summed E-state index contributed by atoms with van der Waals surface area (Å²) in [4.78, 5) is 10.1. The number of non-ortho nitro benzene ring substituents is 1. The molecule has 3 N–H and O–H groups in total. The Kier molecular flexibility index (Phi) is 6.38. The van der Waals surface area contributed by atoms with Crippen LogP contribution in [0.3, 0.4) is 0 Å². The number of rotatable bonds is 6. The lowest BCUT2D eigenvalue weighted by Crippen LogP contribution is -2.32. The van der Waals surface area contributed by atoms with E-state index in [4.69, 9.17) is 12.2 Å². The van der Waals surface area contributed by atoms with Crippen molar-refractivity contribution in [3.05, 3.63) is 33.9 Å². The van der Waals surface area contributed by atoms with Gasteiger partial charge in [-0.25, -0.2) is 0 Å². The van der Waals surface area contributed by atoms with E-state index in [0.717, 1.165) is 19.4 Å². The number of thiocarbonyl (C=S) groups is 1. The molecule has 20 heavy (non-hydrogen) atoms. The van der Waals surface area contributed by atoms with Crippen LogP contribution in [-0.2, 0) is 0 Å². The Morgan fingerprint density at radius 1 is 1.60 bits per heavy atom. The molecule has 0 saturated carbocycles. The topological polar surface area (TPSA) is 99.8 Å². The normalized spacial score (nSPS) is 10.4. The summed E-state index contributed by atoms with van der Waals surface area (Å²) in [7, 11) is 0. The number of hydrogen-bond donors (Lipinski definition) is 3. The van der Waals surface area contributed by atoms with Gasteiger partial charge in [0.15, 0.2) is 5.11 Å². The molecular formula is C12H16N4O3S. The van der Waals surface area contributed by atoms with Crippen LogP contribution in [0.2, 0.25) is 0 Å². The zero-order valence-electron chi connectivity index (χ0n) is 11.0. The Hall–Kier alpha value is -2.22. The van der Waals surface area contributed by atoms with Crippen LogP contribution >= 0.6 is 12.2 Å². The van der Waals surface area contributed by atoms with E-state index in [1.807, 2.05) is 0 Å². The first-order chi connectivity index (χ1) is 9.54. The van der Waals surface area contributed by atoms with Crippen LogP contribution in [0, 0.1) is 10.1 Å². The number of nitro benzene ring substituents is 1. The van der Waals surface area contributed by atoms with Crippen molar-refractivity contribution in [2.45, 2.75) is 19.8 Å². The molecule has 0 radical (unpaired) electrons. The summed E-state index contributed by atoms with van der Waals surface area (Å²) >= 11 is 4.98. The van der Waals surface area contributed by atoms with Gasteiger partial charge in [0.05, 0.1) is 11.1 Å². The first-order valence-electron chi connectivity index (χ1n) is 6.09. The van der Waals surface area contributed by atoms with Crippen LogP contribution in [0.25, 0.3) is 0 Å². The van der Waals surface area contributed by atoms with E-state index in [1.54, 1.807) is 0 Å². The molecule has 8 heteroatoms. The van der Waals surface area contributed by atoms with E-state index >= 15 is 0 Å². The maximum atomic E-state index is 10.6. The molecule has 0 atom stereocenters. The molecule has 7 nitrogen and oxygen atoms in total. The maximum absolute atomic E-state index is 10.6. The Morgan fingerprint density at radius 2 is 2.35 bits per heavy atom. The standard InChI is InChI=1S/C12H16N4O3S/c1-2-3-6-13-12(20)15-14-8-9-7-10(16(18)19)4-5-11(9)17/h4-5,7-8,17H,2-3,6H2,1H3,(H2,13,15,20)/b14-8-. The van der Waals surface area contributed by atoms with E-state index in [2.05, 4.69) is 22.8 Å². The van der Waals surface area contributed by atoms with Crippen molar-refractivity contribution in [1.82, 2.24) is 10.7 Å². The van der Waals surface area contributed by atoms with Gasteiger partial charge in [0.1, 0.15) is 5.75 Å². The minimum Gasteiger partial charge on any atom is -0.507 e. The highest BCUT2D eigenvalue weighted by Gasteiger charge is 2.08. The molecule has 0 aliphatic rings. The molecule has 0 aliphatic carbocycles. The quantitative estimate of drug-likeness (QED) is 0.244. The monoisotopic (exact) mass is 296 g/mol. The molecule has 0 amide bonds. The molecule has 0 fully saturated rings. The van der Waals surface area contributed by atoms with Gasteiger partial charge in [-0.3, -0.25) is 15.5 Å². The van der Waals surface area contributed by atoms with E-state index in [9.17, 15) is 15.2 Å². The Balaban J connectivity index is 2.59. The van der Waals surface area contributed by atoms with Gasteiger partial charge in [-0.15, -0.1) is 0 Å². The van der Waals surface area contributed by atoms with E-state index in [-0.39, 0.29) is 17.0 Å². The summed E-state index contributed by atoms with van der Waals surface area (Å²) in [5, 5.41) is 27.3. The molecule has 1 rings (SSSR count). The zero-order chi connectivity index (χ0) is 15.0. The number of nitrogens with one attached hydrogen (secondary N) is 2. The predicted octanol–water partition coefficient (Wildman–Crippen LogP) is 1.90. The first-order valence-corrected chi connectivity index (χ1v) is 6.49. The molecule has 0 unspecified atom stereocenters. The molecule has 108 valence electrons. The third kappa shape index (κ3) is 5.19. The fraction of sp³-hybridized carbons (Fsp3) is 0.333. The number of phenols is 1. The van der Waals surface area contributed by atoms with Gasteiger partial charge < -0.3 is 10.4 Å². The Labute approximate surface area is 121 Å². The average molecular weight is 296 g/mol. The minimum absolute atomic E-state index is 0.0917. The second kappa shape index (κ2) is 8.05. The van der Waals surface area contributed by atoms with E-state index in [0.29, 0.717) is 5.11 Å². The van der Waals surface area contributed by atoms with Crippen molar-refractivity contribution in [2.24, 2.45) is 5.10 Å². The highest BCUT2D eigenvalue weighted by atomic mass is 32.1. The van der Waals surface area contributed by atoms with Gasteiger partial charge in [-0.1, -0.05) is 13.3 Å². The second-order valence-corrected chi connectivity index (χ2v) is 4.39. The minimum atomic E-state index is -0.541. The summed E-state index contributed by atoms with van der Waals surface area (Å²) in [5.41, 5.74) is 2.70. The number of benzene rings is 1. The number of hydrazone groups is 1. The highest BCUT2D eigenvalue weighted by molar-refractivity contribution is 7.80. The fourth-order valence-corrected chi connectivity index (χ4v) is 1.49. The van der Waals surface area contributed by atoms with Gasteiger partial charge in [-0.2, -0.15) is 5.10 Å². The number of unbranched alkanes of at least 4 members (excludes halogenated alkanes) is 1. The molecule has 0 bridgehead atoms. The van der Waals surface area contributed by atoms with E-state index in [1.165, 1.54) is 24.4 Å². The smallest absolute Gasteiger partial charge is 0.270 e. The molecule has 0 spiro atoms. The molecule has 1 aromatic carbocycles. The Bertz CT molecular complexity index is 519. The molecule has 0 aromatic heterocycles. The van der Waals surface area contributed by atoms with Gasteiger partial charge in [0.2, 0.25) is 0 Å². The number of nitrogens with zero attached hydrogens (tertiary/aromatic N) is 2. The van der Waals surface area contributed by atoms with Crippen LogP contribution in [0.1, 0.15) is 25.3 Å². The van der Waals surface area contributed by atoms with Crippen LogP contribution in [0.15, 0.2) is 23.3 Å². The number of aromatic hydroxyl groups is 1. The van der Waals surface area contributed by atoms with Gasteiger partial charge in [-0.05, 0) is 24.7 Å². The molecule has 0 heterocycles. The summed E-state index contributed by atoms with van der Waals surface area (Å²) in [6, 6.07) is 3.70. The number of phenolic OH excluding ortho intramolecular Hbond substituents is 1. The third-order valence-electron chi connectivity index (χ3n) is 2.41. The maximum Gasteiger partial charge on any atom is 0.270 e. The number of nitro groups is 1. The van der Waals surface area contributed by atoms with Crippen LogP contribution < -0.4 is 10.7 Å². The average Bonchev–Trinajstić information content (AvgIpc) is 2.41. The Morgan fingerprint density at radius 3 is 3.00 bits per heavy atom. The van der Waals surface area contributed by atoms with Gasteiger partial charge >= 0.3 is 0 Å². The lowest BCUT2D eigenvalue weighted by Gasteiger charge is -2.05. The van der Waals surface area contributed by atoms with Crippen LogP contribution in [0.5, 0.6) is 5.75 Å². The van der Waals surface area contributed by atoms with Gasteiger partial charge in [0, 0.05) is 24.2 Å². The number of hydrogen-bond acceptors (Lipinski definition) is 5. The van der Waals surface area contributed by atoms with Crippen molar-refractivity contribution in [3.8, 4) is 5.75 Å². The van der Waals surface area contributed by atoms with Crippen molar-refractivity contribution in [2.75, 3.05) is 6.54 Å². The third-order valence-corrected chi connectivity index (χ3v) is 2.64. The molecular weight excluding hydrogens is 280 g/mol. The lowest BCUT2D eigenvalue weighted by molar-refractivity contribution is -0.384. The summed E-state index contributed by atoms with van der Waals surface area (Å²) in [5.74, 6) is -0.0917. The lowest BCUT2D eigenvalue weighted by atomic mass is 10.2. The summed E-state index contributed by atoms with van der Waals surface area (Å²) in [6.07, 6.45) is 3.33. The van der Waals surface area contributed by atoms with Crippen LogP contribution in [-0.4, -0.2) is 27.9 Å². The highest BCUT2D eigenvalue weighted by Crippen LogP contribution is 2.21. The molecule has 0 aliphatic heterocycles. The van der Waals surface area contributed by atoms with Gasteiger partial charge in [0.25, 0.3) is 5.69 Å². The largest absolute Gasteiger partial charge is 0.507 e. The SMILES string of the molecule is CCCCNC(=S)N/N=C\c1cc([N+](=O)[O-])ccc1O. The van der Waals surface area contributed by atoms with Crippen molar-refractivity contribution >= 4 is 29.2 Å². The van der Waals surface area contributed by atoms with Crippen LogP contribution in [0.4, 0.5) is 5.69 Å². The summed E-state index contributed by atoms with van der Waals surface area (Å²) < 4.78 is 0. The van der Waals surface area contributed by atoms with Crippen molar-refractivity contribution in [1.29, 1.82) is 0 Å². The molecule has 1 aromatic rings. The first kappa shape index (κ1) is 15.8. The predicted molar refractivity (Wildman–Crippen MR) is 81.0 cm³/mol. The van der Waals surface area contributed by atoms with E-state index < -0.39 is 4.92 Å². The zero-order valence-corrected chi connectivity index (χ0v) is 11.8. The van der Waals surface area contributed by atoms with Crippen molar-refractivity contribution < 1.29 is 10.0 Å². The summed E-state index contributed by atoms with van der Waals surface area (Å²) in [6.45, 7) is 2.82. The van der Waals surface area contributed by atoms with Crippen molar-refractivity contribution in [3.63, 3.8) is 0 Å². The molecule has 0 saturated heterocycles. The fourth-order valence-electron chi connectivity index (χ4n) is 1.34.